The average Bonchev–Trinajstić information content (AvgIpc) is 2.47. The number of fused-ring (bicyclic) bond motifs is 1. The Kier molecular flexibility index (Phi) is 2.80. The average molecular weight is 251 g/mol. The maximum atomic E-state index is 11.7. The molecule has 0 fully saturated rings. The number of aromatic amines is 1. The lowest BCUT2D eigenvalue weighted by molar-refractivity contribution is 0.415. The number of aromatic nitrogens is 1. The summed E-state index contributed by atoms with van der Waals surface area (Å²) in [5.74, 6) is 0.775. The van der Waals surface area contributed by atoms with Crippen molar-refractivity contribution in [1.29, 1.82) is 0 Å². The van der Waals surface area contributed by atoms with E-state index < -0.39 is 0 Å². The summed E-state index contributed by atoms with van der Waals surface area (Å²) in [4.78, 5) is 14.6. The van der Waals surface area contributed by atoms with Gasteiger partial charge >= 0.3 is 0 Å². The molecule has 3 rings (SSSR count). The van der Waals surface area contributed by atoms with Crippen LogP contribution in [0.3, 0.4) is 0 Å². The summed E-state index contributed by atoms with van der Waals surface area (Å²) in [5.41, 5.74) is 2.65. The highest BCUT2D eigenvalue weighted by Crippen LogP contribution is 2.28. The minimum absolute atomic E-state index is 0.100. The van der Waals surface area contributed by atoms with Crippen LogP contribution < -0.4 is 10.3 Å². The van der Waals surface area contributed by atoms with Crippen LogP contribution in [0.25, 0.3) is 22.0 Å². The molecule has 0 unspecified atom stereocenters. The Morgan fingerprint density at radius 1 is 1.00 bits per heavy atom. The van der Waals surface area contributed by atoms with E-state index in [0.29, 0.717) is 0 Å². The van der Waals surface area contributed by atoms with Crippen molar-refractivity contribution < 1.29 is 4.74 Å². The van der Waals surface area contributed by atoms with Gasteiger partial charge in [0.25, 0.3) is 0 Å². The Labute approximate surface area is 110 Å². The molecule has 2 aromatic carbocycles. The van der Waals surface area contributed by atoms with Crippen LogP contribution in [0.15, 0.2) is 59.4 Å². The molecule has 0 aliphatic heterocycles. The minimum Gasteiger partial charge on any atom is -0.497 e. The first-order chi connectivity index (χ1) is 9.28. The zero-order valence-electron chi connectivity index (χ0n) is 10.5. The van der Waals surface area contributed by atoms with Crippen LogP contribution in [0.4, 0.5) is 0 Å². The Balaban J connectivity index is 2.36. The van der Waals surface area contributed by atoms with Crippen LogP contribution in [-0.4, -0.2) is 12.1 Å². The molecule has 0 saturated carbocycles. The zero-order valence-corrected chi connectivity index (χ0v) is 10.5. The fourth-order valence-electron chi connectivity index (χ4n) is 2.22. The van der Waals surface area contributed by atoms with Gasteiger partial charge in [-0.1, -0.05) is 30.3 Å². The predicted octanol–water partition coefficient (Wildman–Crippen LogP) is 3.20. The number of benzene rings is 2. The summed E-state index contributed by atoms with van der Waals surface area (Å²) in [6.45, 7) is 0. The Morgan fingerprint density at radius 3 is 2.53 bits per heavy atom. The highest BCUT2D eigenvalue weighted by atomic mass is 16.5. The van der Waals surface area contributed by atoms with Crippen molar-refractivity contribution in [3.63, 3.8) is 0 Å². The van der Waals surface area contributed by atoms with E-state index in [2.05, 4.69) is 4.98 Å². The van der Waals surface area contributed by atoms with Crippen molar-refractivity contribution in [1.82, 2.24) is 4.98 Å². The van der Waals surface area contributed by atoms with Gasteiger partial charge in [0.1, 0.15) is 5.75 Å². The summed E-state index contributed by atoms with van der Waals surface area (Å²) in [6, 6.07) is 17.1. The van der Waals surface area contributed by atoms with Crippen molar-refractivity contribution in [3.8, 4) is 16.9 Å². The van der Waals surface area contributed by atoms with E-state index in [1.807, 2.05) is 48.5 Å². The summed E-state index contributed by atoms with van der Waals surface area (Å²) in [6.07, 6.45) is 0. The van der Waals surface area contributed by atoms with Gasteiger partial charge in [0, 0.05) is 17.0 Å². The number of pyridine rings is 1. The SMILES string of the molecule is COc1ccc2[nH]c(=O)cc(-c3ccccc3)c2c1. The summed E-state index contributed by atoms with van der Waals surface area (Å²) >= 11 is 0. The molecule has 0 radical (unpaired) electrons. The van der Waals surface area contributed by atoms with Crippen molar-refractivity contribution in [2.45, 2.75) is 0 Å². The number of hydrogen-bond donors (Lipinski definition) is 1. The van der Waals surface area contributed by atoms with E-state index >= 15 is 0 Å². The molecule has 94 valence electrons. The first-order valence-corrected chi connectivity index (χ1v) is 6.04. The molecule has 0 spiro atoms. The van der Waals surface area contributed by atoms with E-state index in [1.165, 1.54) is 0 Å². The van der Waals surface area contributed by atoms with Gasteiger partial charge in [0.05, 0.1) is 7.11 Å². The van der Waals surface area contributed by atoms with Crippen LogP contribution >= 0.6 is 0 Å². The number of hydrogen-bond acceptors (Lipinski definition) is 2. The molecule has 0 amide bonds. The van der Waals surface area contributed by atoms with Crippen LogP contribution in [-0.2, 0) is 0 Å². The second kappa shape index (κ2) is 4.61. The van der Waals surface area contributed by atoms with E-state index in [4.69, 9.17) is 4.74 Å². The van der Waals surface area contributed by atoms with Crippen molar-refractivity contribution in [3.05, 3.63) is 65.0 Å². The van der Waals surface area contributed by atoms with E-state index in [1.54, 1.807) is 13.2 Å². The lowest BCUT2D eigenvalue weighted by atomic mass is 10.0. The highest BCUT2D eigenvalue weighted by molar-refractivity contribution is 5.95. The summed E-state index contributed by atoms with van der Waals surface area (Å²) in [7, 11) is 1.63. The first-order valence-electron chi connectivity index (χ1n) is 6.04. The molecule has 3 heteroatoms. The molecule has 0 atom stereocenters. The van der Waals surface area contributed by atoms with Gasteiger partial charge < -0.3 is 9.72 Å². The molecule has 1 aromatic heterocycles. The fourth-order valence-corrected chi connectivity index (χ4v) is 2.22. The van der Waals surface area contributed by atoms with Gasteiger partial charge in [-0.15, -0.1) is 0 Å². The molecule has 1 N–H and O–H groups in total. The number of H-pyrrole nitrogens is 1. The van der Waals surface area contributed by atoms with Gasteiger partial charge in [0.15, 0.2) is 0 Å². The molecule has 0 aliphatic carbocycles. The van der Waals surface area contributed by atoms with Crippen LogP contribution in [0.5, 0.6) is 5.75 Å². The summed E-state index contributed by atoms with van der Waals surface area (Å²) < 4.78 is 5.25. The van der Waals surface area contributed by atoms with Crippen LogP contribution in [0, 0.1) is 0 Å². The third-order valence-electron chi connectivity index (χ3n) is 3.14. The molecule has 3 aromatic rings. The van der Waals surface area contributed by atoms with E-state index in [9.17, 15) is 4.79 Å². The molecular weight excluding hydrogens is 238 g/mol. The van der Waals surface area contributed by atoms with Crippen LogP contribution in [0.1, 0.15) is 0 Å². The molecule has 19 heavy (non-hydrogen) atoms. The first kappa shape index (κ1) is 11.5. The van der Waals surface area contributed by atoms with Gasteiger partial charge in [-0.25, -0.2) is 0 Å². The topological polar surface area (TPSA) is 42.1 Å². The standard InChI is InChI=1S/C16H13NO2/c1-19-12-7-8-15-14(9-12)13(10-16(18)17-15)11-5-3-2-4-6-11/h2-10H,1H3,(H,17,18). The minimum atomic E-state index is -0.100. The van der Waals surface area contributed by atoms with Crippen molar-refractivity contribution >= 4 is 10.9 Å². The number of methoxy groups -OCH3 is 1. The molecule has 0 saturated heterocycles. The zero-order chi connectivity index (χ0) is 13.2. The molecular formula is C16H13NO2. The van der Waals surface area contributed by atoms with Gasteiger partial charge in [-0.3, -0.25) is 4.79 Å². The van der Waals surface area contributed by atoms with Crippen molar-refractivity contribution in [2.24, 2.45) is 0 Å². The largest absolute Gasteiger partial charge is 0.497 e. The fraction of sp³-hybridized carbons (Fsp3) is 0.0625. The quantitative estimate of drug-likeness (QED) is 0.760. The van der Waals surface area contributed by atoms with Gasteiger partial charge in [0.2, 0.25) is 5.56 Å². The van der Waals surface area contributed by atoms with Gasteiger partial charge in [-0.2, -0.15) is 0 Å². The van der Waals surface area contributed by atoms with E-state index in [0.717, 1.165) is 27.8 Å². The Morgan fingerprint density at radius 2 is 1.79 bits per heavy atom. The summed E-state index contributed by atoms with van der Waals surface area (Å²) in [5, 5.41) is 0.977. The maximum Gasteiger partial charge on any atom is 0.249 e. The molecule has 1 heterocycles. The Bertz CT molecular complexity index is 776. The number of nitrogens with one attached hydrogen (secondary N) is 1. The maximum absolute atomic E-state index is 11.7. The highest BCUT2D eigenvalue weighted by Gasteiger charge is 2.06. The normalized spacial score (nSPS) is 10.6. The lowest BCUT2D eigenvalue weighted by Gasteiger charge is -2.08. The third-order valence-corrected chi connectivity index (χ3v) is 3.14. The van der Waals surface area contributed by atoms with Crippen molar-refractivity contribution in [2.75, 3.05) is 7.11 Å². The second-order valence-corrected chi connectivity index (χ2v) is 4.32. The predicted molar refractivity (Wildman–Crippen MR) is 76.6 cm³/mol. The number of rotatable bonds is 2. The number of ether oxygens (including phenoxy) is 1. The molecule has 0 aliphatic rings. The van der Waals surface area contributed by atoms with Crippen LogP contribution in [0.2, 0.25) is 0 Å². The van der Waals surface area contributed by atoms with E-state index in [-0.39, 0.29) is 5.56 Å². The van der Waals surface area contributed by atoms with Gasteiger partial charge in [-0.05, 0) is 29.3 Å². The monoisotopic (exact) mass is 251 g/mol. The second-order valence-electron chi connectivity index (χ2n) is 4.32. The molecule has 0 bridgehead atoms. The smallest absolute Gasteiger partial charge is 0.249 e. The molecule has 3 nitrogen and oxygen atoms in total. The third kappa shape index (κ3) is 2.10. The Hall–Kier alpha value is -2.55. The lowest BCUT2D eigenvalue weighted by Crippen LogP contribution is -2.04.